The highest BCUT2D eigenvalue weighted by Gasteiger charge is 2.48. The summed E-state index contributed by atoms with van der Waals surface area (Å²) in [5, 5.41) is 11.4. The number of carbonyl (C=O) groups excluding carboxylic acids is 1. The fraction of sp³-hybridized carbons (Fsp3) is 0.400. The highest BCUT2D eigenvalue weighted by Crippen LogP contribution is 2.29. The predicted molar refractivity (Wildman–Crippen MR) is 128 cm³/mol. The molecule has 0 radical (unpaired) electrons. The van der Waals surface area contributed by atoms with Crippen LogP contribution in [0.3, 0.4) is 0 Å². The molecule has 0 aliphatic carbocycles. The molecule has 0 saturated carbocycles. The van der Waals surface area contributed by atoms with E-state index < -0.39 is 0 Å². The Bertz CT molecular complexity index is 1160. The van der Waals surface area contributed by atoms with Gasteiger partial charge in [0.1, 0.15) is 12.2 Å². The summed E-state index contributed by atoms with van der Waals surface area (Å²) in [7, 11) is 0. The van der Waals surface area contributed by atoms with Crippen LogP contribution in [0.4, 0.5) is 16.4 Å². The molecule has 1 aromatic heterocycles. The van der Waals surface area contributed by atoms with E-state index in [1.54, 1.807) is 6.20 Å². The Hall–Kier alpha value is -3.23. The van der Waals surface area contributed by atoms with Crippen LogP contribution in [0.15, 0.2) is 54.7 Å². The Morgan fingerprint density at radius 1 is 0.970 bits per heavy atom. The van der Waals surface area contributed by atoms with Gasteiger partial charge in [-0.3, -0.25) is 0 Å². The van der Waals surface area contributed by atoms with Crippen molar-refractivity contribution in [1.29, 1.82) is 0 Å². The Morgan fingerprint density at radius 2 is 1.70 bits per heavy atom. The number of carbonyl (C=O) groups is 1. The summed E-state index contributed by atoms with van der Waals surface area (Å²) in [5.74, 6) is 0.561. The number of anilines is 2. The standard InChI is InChI=1S/C25H29N5O3/c1-25(2,3)20-11-12-26-23(30-20)27-18-13-32-22-19(14-33-21(18)22)29-24(31)28-17-10-6-8-15-7-4-5-9-16(15)17/h4-12,18-19,21-22H,13-14H2,1-3H3,(H,26,27,30)(H2,28,29,31). The van der Waals surface area contributed by atoms with E-state index in [1.807, 2.05) is 48.5 Å². The molecular formula is C25H29N5O3. The lowest BCUT2D eigenvalue weighted by atomic mass is 9.92. The van der Waals surface area contributed by atoms with E-state index in [9.17, 15) is 4.79 Å². The zero-order valence-corrected chi connectivity index (χ0v) is 19.0. The molecule has 2 aliphatic heterocycles. The van der Waals surface area contributed by atoms with Gasteiger partial charge in [0.05, 0.1) is 36.7 Å². The Morgan fingerprint density at radius 3 is 2.52 bits per heavy atom. The van der Waals surface area contributed by atoms with E-state index >= 15 is 0 Å². The van der Waals surface area contributed by atoms with Crippen LogP contribution in [0, 0.1) is 0 Å². The monoisotopic (exact) mass is 447 g/mol. The zero-order chi connectivity index (χ0) is 23.0. The van der Waals surface area contributed by atoms with Crippen LogP contribution in [0.2, 0.25) is 0 Å². The van der Waals surface area contributed by atoms with Crippen molar-refractivity contribution in [2.75, 3.05) is 23.8 Å². The first kappa shape index (κ1) is 21.6. The van der Waals surface area contributed by atoms with Gasteiger partial charge in [-0.15, -0.1) is 0 Å². The molecule has 5 rings (SSSR count). The SMILES string of the molecule is CC(C)(C)c1ccnc(NC2COC3C(NC(=O)Nc4cccc5ccccc45)COC23)n1. The van der Waals surface area contributed by atoms with Gasteiger partial charge in [-0.1, -0.05) is 57.2 Å². The van der Waals surface area contributed by atoms with Gasteiger partial charge in [0.2, 0.25) is 5.95 Å². The smallest absolute Gasteiger partial charge is 0.319 e. The average Bonchev–Trinajstić information content (AvgIpc) is 3.37. The summed E-state index contributed by atoms with van der Waals surface area (Å²) < 4.78 is 12.0. The molecule has 2 aliphatic rings. The quantitative estimate of drug-likeness (QED) is 0.564. The molecule has 33 heavy (non-hydrogen) atoms. The summed E-state index contributed by atoms with van der Waals surface area (Å²) in [6.45, 7) is 7.20. The van der Waals surface area contributed by atoms with Crippen molar-refractivity contribution in [2.45, 2.75) is 50.5 Å². The number of aromatic nitrogens is 2. The van der Waals surface area contributed by atoms with Crippen molar-refractivity contribution >= 4 is 28.4 Å². The maximum Gasteiger partial charge on any atom is 0.319 e. The molecule has 2 fully saturated rings. The molecule has 8 nitrogen and oxygen atoms in total. The van der Waals surface area contributed by atoms with Crippen molar-refractivity contribution in [3.8, 4) is 0 Å². The Kier molecular flexibility index (Phi) is 5.64. The van der Waals surface area contributed by atoms with Crippen LogP contribution in [-0.2, 0) is 14.9 Å². The van der Waals surface area contributed by atoms with Gasteiger partial charge in [-0.25, -0.2) is 14.8 Å². The van der Waals surface area contributed by atoms with Crippen LogP contribution in [0.5, 0.6) is 0 Å². The first-order valence-electron chi connectivity index (χ1n) is 11.3. The second-order valence-electron chi connectivity index (χ2n) is 9.59. The molecule has 172 valence electrons. The topological polar surface area (TPSA) is 97.4 Å². The highest BCUT2D eigenvalue weighted by molar-refractivity contribution is 6.01. The molecular weight excluding hydrogens is 418 g/mol. The molecule has 0 bridgehead atoms. The van der Waals surface area contributed by atoms with Gasteiger partial charge in [-0.05, 0) is 17.5 Å². The van der Waals surface area contributed by atoms with Crippen LogP contribution >= 0.6 is 0 Å². The van der Waals surface area contributed by atoms with Crippen molar-refractivity contribution in [1.82, 2.24) is 15.3 Å². The molecule has 2 saturated heterocycles. The van der Waals surface area contributed by atoms with E-state index in [1.165, 1.54) is 0 Å². The third kappa shape index (κ3) is 4.49. The summed E-state index contributed by atoms with van der Waals surface area (Å²) in [6, 6.07) is 15.1. The zero-order valence-electron chi connectivity index (χ0n) is 19.0. The fourth-order valence-electron chi connectivity index (χ4n) is 4.42. The second kappa shape index (κ2) is 8.61. The number of rotatable bonds is 4. The lowest BCUT2D eigenvalue weighted by molar-refractivity contribution is 0.0683. The number of fused-ring (bicyclic) bond motifs is 2. The number of hydrogen-bond acceptors (Lipinski definition) is 6. The molecule has 2 amide bonds. The molecule has 2 aromatic carbocycles. The third-order valence-electron chi connectivity index (χ3n) is 6.15. The van der Waals surface area contributed by atoms with Gasteiger partial charge < -0.3 is 25.4 Å². The maximum absolute atomic E-state index is 12.7. The van der Waals surface area contributed by atoms with Gasteiger partial charge in [-0.2, -0.15) is 0 Å². The molecule has 0 spiro atoms. The molecule has 3 N–H and O–H groups in total. The fourth-order valence-corrected chi connectivity index (χ4v) is 4.42. The summed E-state index contributed by atoms with van der Waals surface area (Å²) >= 11 is 0. The summed E-state index contributed by atoms with van der Waals surface area (Å²) in [6.07, 6.45) is 1.35. The van der Waals surface area contributed by atoms with E-state index in [0.29, 0.717) is 19.2 Å². The summed E-state index contributed by atoms with van der Waals surface area (Å²) in [4.78, 5) is 21.7. The first-order chi connectivity index (χ1) is 15.9. The lowest BCUT2D eigenvalue weighted by Gasteiger charge is -2.21. The van der Waals surface area contributed by atoms with E-state index in [-0.39, 0.29) is 35.7 Å². The summed E-state index contributed by atoms with van der Waals surface area (Å²) in [5.41, 5.74) is 1.67. The van der Waals surface area contributed by atoms with Gasteiger partial charge in [0.25, 0.3) is 0 Å². The molecule has 4 atom stereocenters. The van der Waals surface area contributed by atoms with Gasteiger partial charge in [0, 0.05) is 17.0 Å². The number of nitrogens with zero attached hydrogens (tertiary/aromatic N) is 2. The predicted octanol–water partition coefficient (Wildman–Crippen LogP) is 3.70. The second-order valence-corrected chi connectivity index (χ2v) is 9.59. The van der Waals surface area contributed by atoms with Crippen molar-refractivity contribution in [3.05, 3.63) is 60.4 Å². The van der Waals surface area contributed by atoms with Crippen molar-refractivity contribution in [3.63, 3.8) is 0 Å². The minimum absolute atomic E-state index is 0.0651. The minimum atomic E-state index is -0.276. The molecule has 3 aromatic rings. The Balaban J connectivity index is 1.21. The van der Waals surface area contributed by atoms with E-state index in [0.717, 1.165) is 22.2 Å². The Labute approximate surface area is 193 Å². The highest BCUT2D eigenvalue weighted by atomic mass is 16.6. The number of nitrogens with one attached hydrogen (secondary N) is 3. The van der Waals surface area contributed by atoms with Crippen LogP contribution in [0.25, 0.3) is 10.8 Å². The van der Waals surface area contributed by atoms with E-state index in [2.05, 4.69) is 46.7 Å². The van der Waals surface area contributed by atoms with E-state index in [4.69, 9.17) is 9.47 Å². The third-order valence-corrected chi connectivity index (χ3v) is 6.15. The number of ether oxygens (including phenoxy) is 2. The van der Waals surface area contributed by atoms with Crippen molar-refractivity contribution in [2.24, 2.45) is 0 Å². The first-order valence-corrected chi connectivity index (χ1v) is 11.3. The van der Waals surface area contributed by atoms with Gasteiger partial charge in [0.15, 0.2) is 0 Å². The molecule has 8 heteroatoms. The molecule has 4 unspecified atom stereocenters. The van der Waals surface area contributed by atoms with Crippen molar-refractivity contribution < 1.29 is 14.3 Å². The van der Waals surface area contributed by atoms with Crippen LogP contribution in [0.1, 0.15) is 26.5 Å². The van der Waals surface area contributed by atoms with Crippen LogP contribution < -0.4 is 16.0 Å². The average molecular weight is 448 g/mol. The number of benzene rings is 2. The lowest BCUT2D eigenvalue weighted by Crippen LogP contribution is -2.46. The van der Waals surface area contributed by atoms with Gasteiger partial charge >= 0.3 is 6.03 Å². The minimum Gasteiger partial charge on any atom is -0.371 e. The largest absolute Gasteiger partial charge is 0.371 e. The molecule has 3 heterocycles. The number of hydrogen-bond donors (Lipinski definition) is 3. The van der Waals surface area contributed by atoms with Crippen LogP contribution in [-0.4, -0.2) is 53.5 Å². The number of amides is 2. The maximum atomic E-state index is 12.7. The number of urea groups is 1. The normalized spacial score (nSPS) is 24.5.